The summed E-state index contributed by atoms with van der Waals surface area (Å²) in [5.74, 6) is 0.551. The second-order valence-electron chi connectivity index (χ2n) is 10.3. The topological polar surface area (TPSA) is 92.2 Å². The zero-order valence-corrected chi connectivity index (χ0v) is 19.5. The van der Waals surface area contributed by atoms with Gasteiger partial charge in [-0.1, -0.05) is 25.4 Å². The van der Waals surface area contributed by atoms with Crippen molar-refractivity contribution in [1.29, 1.82) is 0 Å². The molecule has 0 unspecified atom stereocenters. The first kappa shape index (κ1) is 21.2. The van der Waals surface area contributed by atoms with Crippen LogP contribution in [-0.2, 0) is 17.8 Å². The number of carbonyl (C=O) groups is 2. The lowest BCUT2D eigenvalue weighted by atomic mass is 9.89. The first-order chi connectivity index (χ1) is 15.2. The molecule has 0 bridgehead atoms. The lowest BCUT2D eigenvalue weighted by Gasteiger charge is -2.33. The molecule has 2 atom stereocenters. The molecule has 5 rings (SSSR count). The van der Waals surface area contributed by atoms with E-state index in [0.717, 1.165) is 62.1 Å². The van der Waals surface area contributed by atoms with Crippen LogP contribution in [0.5, 0.6) is 0 Å². The van der Waals surface area contributed by atoms with Gasteiger partial charge in [-0.05, 0) is 37.2 Å². The van der Waals surface area contributed by atoms with Crippen LogP contribution in [0, 0.1) is 10.8 Å². The molecule has 2 aliphatic heterocycles. The number of carbonyl (C=O) groups excluding carboxylic acids is 2. The minimum absolute atomic E-state index is 0.0192. The van der Waals surface area contributed by atoms with Crippen molar-refractivity contribution in [2.24, 2.45) is 10.8 Å². The Balaban J connectivity index is 1.27. The van der Waals surface area contributed by atoms with Crippen molar-refractivity contribution in [3.8, 4) is 11.1 Å². The Hall–Kier alpha value is -2.61. The molecule has 2 fully saturated rings. The number of anilines is 1. The van der Waals surface area contributed by atoms with E-state index in [0.29, 0.717) is 10.8 Å². The molecule has 2 N–H and O–H groups in total. The quantitative estimate of drug-likeness (QED) is 0.736. The Morgan fingerprint density at radius 1 is 1.22 bits per heavy atom. The predicted octanol–water partition coefficient (Wildman–Crippen LogP) is 3.70. The van der Waals surface area contributed by atoms with Crippen LogP contribution in [0.4, 0.5) is 10.6 Å². The van der Waals surface area contributed by atoms with Crippen LogP contribution >= 0.6 is 11.6 Å². The number of likely N-dealkylation sites (tertiary alicyclic amines) is 1. The minimum Gasteiger partial charge on any atom is -0.342 e. The monoisotopic (exact) mass is 456 g/mol. The van der Waals surface area contributed by atoms with Gasteiger partial charge in [0.15, 0.2) is 0 Å². The van der Waals surface area contributed by atoms with Gasteiger partial charge < -0.3 is 10.2 Å². The smallest absolute Gasteiger partial charge is 0.320 e. The van der Waals surface area contributed by atoms with Crippen molar-refractivity contribution in [2.45, 2.75) is 59.0 Å². The molecule has 3 amide bonds. The number of rotatable bonds is 3. The Bertz CT molecular complexity index is 1100. The van der Waals surface area contributed by atoms with Gasteiger partial charge in [0.1, 0.15) is 5.82 Å². The van der Waals surface area contributed by atoms with Crippen molar-refractivity contribution < 1.29 is 9.59 Å². The van der Waals surface area contributed by atoms with Crippen molar-refractivity contribution >= 4 is 29.4 Å². The summed E-state index contributed by atoms with van der Waals surface area (Å²) in [4.78, 5) is 30.6. The highest BCUT2D eigenvalue weighted by atomic mass is 35.5. The number of nitrogens with zero attached hydrogens (tertiary/aromatic N) is 4. The number of halogens is 1. The summed E-state index contributed by atoms with van der Waals surface area (Å²) in [5.41, 5.74) is 3.15. The van der Waals surface area contributed by atoms with Crippen LogP contribution in [0.15, 0.2) is 18.5 Å². The average molecular weight is 457 g/mol. The van der Waals surface area contributed by atoms with Gasteiger partial charge in [0.05, 0.1) is 11.2 Å². The molecule has 0 radical (unpaired) electrons. The third kappa shape index (κ3) is 3.85. The third-order valence-electron chi connectivity index (χ3n) is 7.11. The maximum absolute atomic E-state index is 12.7. The minimum atomic E-state index is -0.283. The summed E-state index contributed by atoms with van der Waals surface area (Å²) >= 11 is 6.47. The molecule has 1 saturated heterocycles. The SMILES string of the molecule is CC(=O)N1CCC[C@]2(C[C@@H]2NC(=O)Nc2cc(-c3cnn4c3CC(C)(C)C4)c(Cl)cn2)C1. The molecule has 4 heterocycles. The predicted molar refractivity (Wildman–Crippen MR) is 122 cm³/mol. The van der Waals surface area contributed by atoms with E-state index >= 15 is 0 Å². The van der Waals surface area contributed by atoms with Crippen LogP contribution in [0.1, 0.15) is 45.7 Å². The standard InChI is InChI=1S/C23H29ClN6O2/c1-14(31)29-6-4-5-23(13-29)9-19(23)27-21(32)28-20-7-15(17(24)11-25-20)16-10-26-30-12-22(2,3)8-18(16)30/h7,10-11,19H,4-6,8-9,12-13H2,1-3H3,(H2,25,27,28,32)/t19-,23-/m0/s1. The summed E-state index contributed by atoms with van der Waals surface area (Å²) in [6, 6.07) is 1.61. The summed E-state index contributed by atoms with van der Waals surface area (Å²) in [6.07, 6.45) is 7.25. The summed E-state index contributed by atoms with van der Waals surface area (Å²) in [7, 11) is 0. The fourth-order valence-electron chi connectivity index (χ4n) is 5.33. The average Bonchev–Trinajstić information content (AvgIpc) is 3.04. The molecule has 2 aromatic heterocycles. The summed E-state index contributed by atoms with van der Waals surface area (Å²) in [6.45, 7) is 8.47. The Kier molecular flexibility index (Phi) is 4.96. The molecule has 8 nitrogen and oxygen atoms in total. The van der Waals surface area contributed by atoms with Gasteiger partial charge in [-0.25, -0.2) is 9.78 Å². The molecule has 9 heteroatoms. The van der Waals surface area contributed by atoms with E-state index in [-0.39, 0.29) is 28.8 Å². The number of pyridine rings is 1. The van der Waals surface area contributed by atoms with Gasteiger partial charge >= 0.3 is 6.03 Å². The number of nitrogens with one attached hydrogen (secondary N) is 2. The molecule has 170 valence electrons. The highest BCUT2D eigenvalue weighted by Crippen LogP contribution is 2.52. The first-order valence-electron chi connectivity index (χ1n) is 11.2. The van der Waals surface area contributed by atoms with Crippen LogP contribution in [0.3, 0.4) is 0 Å². The molecule has 0 aromatic carbocycles. The highest BCUT2D eigenvalue weighted by molar-refractivity contribution is 6.33. The Morgan fingerprint density at radius 3 is 2.81 bits per heavy atom. The lowest BCUT2D eigenvalue weighted by Crippen LogP contribution is -2.43. The van der Waals surface area contributed by atoms with Crippen molar-refractivity contribution in [3.63, 3.8) is 0 Å². The molecule has 1 aliphatic carbocycles. The van der Waals surface area contributed by atoms with E-state index in [1.807, 2.05) is 21.8 Å². The summed E-state index contributed by atoms with van der Waals surface area (Å²) < 4.78 is 2.03. The van der Waals surface area contributed by atoms with Crippen LogP contribution < -0.4 is 10.6 Å². The van der Waals surface area contributed by atoms with E-state index < -0.39 is 0 Å². The first-order valence-corrected chi connectivity index (χ1v) is 11.6. The maximum Gasteiger partial charge on any atom is 0.320 e. The van der Waals surface area contributed by atoms with Crippen molar-refractivity contribution in [1.82, 2.24) is 25.0 Å². The summed E-state index contributed by atoms with van der Waals surface area (Å²) in [5, 5.41) is 11.0. The lowest BCUT2D eigenvalue weighted by molar-refractivity contribution is -0.131. The fraction of sp³-hybridized carbons (Fsp3) is 0.565. The maximum atomic E-state index is 12.7. The number of urea groups is 1. The second kappa shape index (κ2) is 7.47. The van der Waals surface area contributed by atoms with Gasteiger partial charge in [-0.2, -0.15) is 5.10 Å². The van der Waals surface area contributed by atoms with Gasteiger partial charge in [0.25, 0.3) is 0 Å². The second-order valence-corrected chi connectivity index (χ2v) is 10.7. The fourth-order valence-corrected chi connectivity index (χ4v) is 5.53. The van der Waals surface area contributed by atoms with E-state index in [1.165, 1.54) is 0 Å². The molecule has 1 spiro atoms. The normalized spacial score (nSPS) is 25.5. The number of piperidine rings is 1. The zero-order valence-electron chi connectivity index (χ0n) is 18.7. The number of fused-ring (bicyclic) bond motifs is 1. The molecular formula is C23H29ClN6O2. The van der Waals surface area contributed by atoms with Gasteiger partial charge in [0, 0.05) is 61.0 Å². The van der Waals surface area contributed by atoms with Gasteiger partial charge in [-0.3, -0.25) is 14.8 Å². The van der Waals surface area contributed by atoms with Gasteiger partial charge in [-0.15, -0.1) is 0 Å². The molecule has 32 heavy (non-hydrogen) atoms. The molecule has 1 saturated carbocycles. The largest absolute Gasteiger partial charge is 0.342 e. The number of hydrogen-bond acceptors (Lipinski definition) is 4. The third-order valence-corrected chi connectivity index (χ3v) is 7.41. The van der Waals surface area contributed by atoms with E-state index in [4.69, 9.17) is 11.6 Å². The molecule has 2 aromatic rings. The van der Waals surface area contributed by atoms with E-state index in [2.05, 4.69) is 34.6 Å². The highest BCUT2D eigenvalue weighted by Gasteiger charge is 2.56. The van der Waals surface area contributed by atoms with Crippen molar-refractivity contribution in [2.75, 3.05) is 18.4 Å². The van der Waals surface area contributed by atoms with Crippen molar-refractivity contribution in [3.05, 3.63) is 29.2 Å². The zero-order chi connectivity index (χ0) is 22.7. The van der Waals surface area contributed by atoms with Crippen LogP contribution in [-0.4, -0.2) is 50.7 Å². The number of amides is 3. The van der Waals surface area contributed by atoms with E-state index in [9.17, 15) is 9.59 Å². The van der Waals surface area contributed by atoms with Crippen LogP contribution in [0.25, 0.3) is 11.1 Å². The number of aromatic nitrogens is 3. The molecular weight excluding hydrogens is 428 g/mol. The number of hydrogen-bond donors (Lipinski definition) is 2. The van der Waals surface area contributed by atoms with Gasteiger partial charge in [0.2, 0.25) is 5.91 Å². The molecule has 3 aliphatic rings. The van der Waals surface area contributed by atoms with Crippen LogP contribution in [0.2, 0.25) is 5.02 Å². The Labute approximate surface area is 192 Å². The van der Waals surface area contributed by atoms with E-state index in [1.54, 1.807) is 13.1 Å². The Morgan fingerprint density at radius 2 is 2.03 bits per heavy atom.